The van der Waals surface area contributed by atoms with E-state index in [0.717, 1.165) is 4.90 Å². The minimum absolute atomic E-state index is 0.0639. The molecular formula is C14H16F3NO. The standard InChI is InChI=1S/C14H16F3NO/c1-2-18(13(19)11-8-9-11)12(14(15,16)17)10-6-4-3-5-7-10/h3-7,11-12H,2,8-9H2,1H3. The second-order valence-electron chi connectivity index (χ2n) is 4.75. The molecule has 0 aromatic heterocycles. The Bertz CT molecular complexity index is 440. The normalized spacial score (nSPS) is 17.1. The maximum atomic E-state index is 13.3. The summed E-state index contributed by atoms with van der Waals surface area (Å²) < 4.78 is 39.9. The number of halogens is 3. The Balaban J connectivity index is 2.33. The highest BCUT2D eigenvalue weighted by Gasteiger charge is 2.48. The van der Waals surface area contributed by atoms with Crippen LogP contribution in [0.15, 0.2) is 30.3 Å². The topological polar surface area (TPSA) is 20.3 Å². The molecule has 1 saturated carbocycles. The molecule has 0 bridgehead atoms. The first-order chi connectivity index (χ1) is 8.95. The van der Waals surface area contributed by atoms with Gasteiger partial charge in [-0.2, -0.15) is 13.2 Å². The van der Waals surface area contributed by atoms with Crippen LogP contribution in [-0.4, -0.2) is 23.5 Å². The molecular weight excluding hydrogens is 255 g/mol. The third-order valence-corrected chi connectivity index (χ3v) is 3.29. The summed E-state index contributed by atoms with van der Waals surface area (Å²) in [5, 5.41) is 0. The van der Waals surface area contributed by atoms with Gasteiger partial charge in [0.15, 0.2) is 6.04 Å². The average molecular weight is 271 g/mol. The van der Waals surface area contributed by atoms with Gasteiger partial charge in [-0.1, -0.05) is 30.3 Å². The van der Waals surface area contributed by atoms with E-state index in [-0.39, 0.29) is 23.9 Å². The molecule has 0 radical (unpaired) electrons. The fraction of sp³-hybridized carbons (Fsp3) is 0.500. The molecule has 1 unspecified atom stereocenters. The van der Waals surface area contributed by atoms with Gasteiger partial charge in [0.1, 0.15) is 0 Å². The second kappa shape index (κ2) is 5.23. The van der Waals surface area contributed by atoms with E-state index < -0.39 is 12.2 Å². The minimum atomic E-state index is -4.46. The average Bonchev–Trinajstić information content (AvgIpc) is 3.18. The Labute approximate surface area is 110 Å². The van der Waals surface area contributed by atoms with Gasteiger partial charge >= 0.3 is 6.18 Å². The summed E-state index contributed by atoms with van der Waals surface area (Å²) in [4.78, 5) is 13.0. The number of alkyl halides is 3. The van der Waals surface area contributed by atoms with Crippen LogP contribution in [0.3, 0.4) is 0 Å². The van der Waals surface area contributed by atoms with Crippen LogP contribution in [-0.2, 0) is 4.79 Å². The van der Waals surface area contributed by atoms with Gasteiger partial charge in [-0.15, -0.1) is 0 Å². The Hall–Kier alpha value is -1.52. The van der Waals surface area contributed by atoms with E-state index in [9.17, 15) is 18.0 Å². The monoisotopic (exact) mass is 271 g/mol. The van der Waals surface area contributed by atoms with Crippen molar-refractivity contribution < 1.29 is 18.0 Å². The van der Waals surface area contributed by atoms with E-state index in [0.29, 0.717) is 12.8 Å². The Kier molecular flexibility index (Phi) is 3.83. The van der Waals surface area contributed by atoms with Gasteiger partial charge in [-0.3, -0.25) is 4.79 Å². The van der Waals surface area contributed by atoms with Gasteiger partial charge < -0.3 is 4.90 Å². The Morgan fingerprint density at radius 1 is 1.32 bits per heavy atom. The number of nitrogens with zero attached hydrogens (tertiary/aromatic N) is 1. The number of rotatable bonds is 4. The zero-order valence-corrected chi connectivity index (χ0v) is 10.7. The summed E-state index contributed by atoms with van der Waals surface area (Å²) in [5.41, 5.74) is 0.117. The van der Waals surface area contributed by atoms with Crippen molar-refractivity contribution in [2.75, 3.05) is 6.54 Å². The van der Waals surface area contributed by atoms with Crippen LogP contribution >= 0.6 is 0 Å². The molecule has 2 nitrogen and oxygen atoms in total. The zero-order chi connectivity index (χ0) is 14.0. The van der Waals surface area contributed by atoms with Crippen LogP contribution in [0.4, 0.5) is 13.2 Å². The molecule has 1 amide bonds. The highest BCUT2D eigenvalue weighted by Crippen LogP contribution is 2.41. The van der Waals surface area contributed by atoms with E-state index in [1.165, 1.54) is 12.1 Å². The van der Waals surface area contributed by atoms with Crippen molar-refractivity contribution in [2.24, 2.45) is 5.92 Å². The molecule has 0 heterocycles. The fourth-order valence-electron chi connectivity index (χ4n) is 2.21. The maximum Gasteiger partial charge on any atom is 0.413 e. The highest BCUT2D eigenvalue weighted by molar-refractivity contribution is 5.81. The molecule has 1 fully saturated rings. The molecule has 0 spiro atoms. The summed E-state index contributed by atoms with van der Waals surface area (Å²) in [6.45, 7) is 1.65. The predicted octanol–water partition coefficient (Wildman–Crippen LogP) is 3.55. The van der Waals surface area contributed by atoms with Gasteiger partial charge in [-0.25, -0.2) is 0 Å². The first kappa shape index (κ1) is 13.9. The fourth-order valence-corrected chi connectivity index (χ4v) is 2.21. The number of carbonyl (C=O) groups is 1. The van der Waals surface area contributed by atoms with Crippen LogP contribution < -0.4 is 0 Å². The predicted molar refractivity (Wildman–Crippen MR) is 65.3 cm³/mol. The minimum Gasteiger partial charge on any atom is -0.327 e. The van der Waals surface area contributed by atoms with E-state index >= 15 is 0 Å². The number of hydrogen-bond donors (Lipinski definition) is 0. The molecule has 1 aromatic rings. The molecule has 2 rings (SSSR count). The first-order valence-electron chi connectivity index (χ1n) is 6.37. The van der Waals surface area contributed by atoms with Crippen molar-refractivity contribution in [3.8, 4) is 0 Å². The lowest BCUT2D eigenvalue weighted by Gasteiger charge is -2.32. The quantitative estimate of drug-likeness (QED) is 0.820. The molecule has 104 valence electrons. The van der Waals surface area contributed by atoms with E-state index in [1.807, 2.05) is 0 Å². The van der Waals surface area contributed by atoms with Gasteiger partial charge in [0, 0.05) is 12.5 Å². The third kappa shape index (κ3) is 3.08. The second-order valence-corrected chi connectivity index (χ2v) is 4.75. The zero-order valence-electron chi connectivity index (χ0n) is 10.7. The van der Waals surface area contributed by atoms with Crippen LogP contribution in [0.1, 0.15) is 31.4 Å². The van der Waals surface area contributed by atoms with Crippen molar-refractivity contribution in [3.05, 3.63) is 35.9 Å². The number of hydrogen-bond acceptors (Lipinski definition) is 1. The van der Waals surface area contributed by atoms with Gasteiger partial charge in [0.25, 0.3) is 0 Å². The van der Waals surface area contributed by atoms with Crippen LogP contribution in [0.5, 0.6) is 0 Å². The highest BCUT2D eigenvalue weighted by atomic mass is 19.4. The molecule has 0 saturated heterocycles. The smallest absolute Gasteiger partial charge is 0.327 e. The molecule has 0 N–H and O–H groups in total. The molecule has 0 aliphatic heterocycles. The van der Waals surface area contributed by atoms with Crippen LogP contribution in [0, 0.1) is 5.92 Å². The van der Waals surface area contributed by atoms with E-state index in [4.69, 9.17) is 0 Å². The summed E-state index contributed by atoms with van der Waals surface area (Å²) >= 11 is 0. The summed E-state index contributed by atoms with van der Waals surface area (Å²) in [6, 6.07) is 5.78. The third-order valence-electron chi connectivity index (χ3n) is 3.29. The summed E-state index contributed by atoms with van der Waals surface area (Å²) in [5.74, 6) is -0.595. The largest absolute Gasteiger partial charge is 0.413 e. The molecule has 1 aliphatic rings. The number of benzene rings is 1. The Morgan fingerprint density at radius 2 is 1.89 bits per heavy atom. The lowest BCUT2D eigenvalue weighted by Crippen LogP contribution is -2.43. The van der Waals surface area contributed by atoms with Crippen molar-refractivity contribution in [3.63, 3.8) is 0 Å². The van der Waals surface area contributed by atoms with E-state index in [1.54, 1.807) is 25.1 Å². The van der Waals surface area contributed by atoms with Crippen molar-refractivity contribution >= 4 is 5.91 Å². The molecule has 19 heavy (non-hydrogen) atoms. The molecule has 1 aliphatic carbocycles. The number of carbonyl (C=O) groups excluding carboxylic acids is 1. The van der Waals surface area contributed by atoms with Gasteiger partial charge in [0.2, 0.25) is 5.91 Å². The number of amides is 1. The Morgan fingerprint density at radius 3 is 2.32 bits per heavy atom. The van der Waals surface area contributed by atoms with Gasteiger partial charge in [0.05, 0.1) is 0 Å². The van der Waals surface area contributed by atoms with Crippen LogP contribution in [0.2, 0.25) is 0 Å². The van der Waals surface area contributed by atoms with Crippen molar-refractivity contribution in [2.45, 2.75) is 32.0 Å². The lowest BCUT2D eigenvalue weighted by atomic mass is 10.0. The maximum absolute atomic E-state index is 13.3. The van der Waals surface area contributed by atoms with Crippen LogP contribution in [0.25, 0.3) is 0 Å². The summed E-state index contributed by atoms with van der Waals surface area (Å²) in [6.07, 6.45) is -3.05. The lowest BCUT2D eigenvalue weighted by molar-refractivity contribution is -0.192. The van der Waals surface area contributed by atoms with Crippen molar-refractivity contribution in [1.29, 1.82) is 0 Å². The van der Waals surface area contributed by atoms with Gasteiger partial charge in [-0.05, 0) is 25.3 Å². The molecule has 1 atom stereocenters. The first-order valence-corrected chi connectivity index (χ1v) is 6.37. The van der Waals surface area contributed by atoms with Crippen molar-refractivity contribution in [1.82, 2.24) is 4.90 Å². The summed E-state index contributed by atoms with van der Waals surface area (Å²) in [7, 11) is 0. The SMILES string of the molecule is CCN(C(=O)C1CC1)C(c1ccccc1)C(F)(F)F. The molecule has 1 aromatic carbocycles. The van der Waals surface area contributed by atoms with E-state index in [2.05, 4.69) is 0 Å². The molecule has 5 heteroatoms.